The quantitative estimate of drug-likeness (QED) is 0.717. The Kier molecular flexibility index (Phi) is 2.74. The van der Waals surface area contributed by atoms with Crippen LogP contribution < -0.4 is 0 Å². The third-order valence-corrected chi connectivity index (χ3v) is 7.24. The molecule has 2 bridgehead atoms. The van der Waals surface area contributed by atoms with Crippen molar-refractivity contribution in [1.82, 2.24) is 0 Å². The minimum atomic E-state index is 0.0400. The molecular weight excluding hydrogens is 248 g/mol. The smallest absolute Gasteiger partial charge is 0.137 e. The molecule has 1 spiro atoms. The van der Waals surface area contributed by atoms with Gasteiger partial charge < -0.3 is 4.74 Å². The van der Waals surface area contributed by atoms with Gasteiger partial charge in [0, 0.05) is 24.9 Å². The van der Waals surface area contributed by atoms with Gasteiger partial charge in [0.15, 0.2) is 0 Å². The average Bonchev–Trinajstić information content (AvgIpc) is 3.15. The summed E-state index contributed by atoms with van der Waals surface area (Å²) in [5.74, 6) is 2.33. The van der Waals surface area contributed by atoms with Gasteiger partial charge in [0.05, 0.1) is 5.60 Å². The molecule has 4 rings (SSSR count). The van der Waals surface area contributed by atoms with Gasteiger partial charge in [0.25, 0.3) is 0 Å². The molecule has 0 amide bonds. The Balaban J connectivity index is 1.81. The van der Waals surface area contributed by atoms with Crippen LogP contribution in [0, 0.1) is 29.1 Å². The van der Waals surface area contributed by atoms with Crippen LogP contribution in [0.2, 0.25) is 0 Å². The van der Waals surface area contributed by atoms with Crippen molar-refractivity contribution in [3.63, 3.8) is 0 Å². The molecule has 1 saturated heterocycles. The van der Waals surface area contributed by atoms with Crippen LogP contribution in [0.3, 0.4) is 0 Å². The van der Waals surface area contributed by atoms with Gasteiger partial charge in [0.1, 0.15) is 5.78 Å². The number of fused-ring (bicyclic) bond motifs is 6. The summed E-state index contributed by atoms with van der Waals surface area (Å²) in [6.07, 6.45) is 11.3. The van der Waals surface area contributed by atoms with Crippen LogP contribution >= 0.6 is 0 Å². The molecule has 1 aliphatic heterocycles. The highest BCUT2D eigenvalue weighted by Gasteiger charge is 2.68. The van der Waals surface area contributed by atoms with Crippen LogP contribution in [0.5, 0.6) is 0 Å². The fourth-order valence-electron chi connectivity index (χ4n) is 6.34. The molecule has 0 N–H and O–H groups in total. The molecule has 2 nitrogen and oxygen atoms in total. The first kappa shape index (κ1) is 13.1. The van der Waals surface area contributed by atoms with Gasteiger partial charge in [-0.3, -0.25) is 4.79 Å². The minimum Gasteiger partial charge on any atom is -0.375 e. The molecule has 5 atom stereocenters. The minimum absolute atomic E-state index is 0.0400. The number of carbonyl (C=O) groups is 1. The lowest BCUT2D eigenvalue weighted by molar-refractivity contribution is -0.143. The maximum absolute atomic E-state index is 12.6. The Morgan fingerprint density at radius 1 is 1.20 bits per heavy atom. The maximum Gasteiger partial charge on any atom is 0.137 e. The molecule has 1 heterocycles. The predicted molar refractivity (Wildman–Crippen MR) is 78.3 cm³/mol. The molecule has 0 aromatic heterocycles. The van der Waals surface area contributed by atoms with Crippen molar-refractivity contribution in [2.45, 2.75) is 58.0 Å². The van der Waals surface area contributed by atoms with E-state index in [1.807, 2.05) is 0 Å². The summed E-state index contributed by atoms with van der Waals surface area (Å²) in [4.78, 5) is 12.6. The second-order valence-corrected chi connectivity index (χ2v) is 7.41. The van der Waals surface area contributed by atoms with E-state index in [4.69, 9.17) is 4.74 Å². The van der Waals surface area contributed by atoms with E-state index in [1.54, 1.807) is 0 Å². The monoisotopic (exact) mass is 274 g/mol. The predicted octanol–water partition coefficient (Wildman–Crippen LogP) is 3.75. The second-order valence-electron chi connectivity index (χ2n) is 7.41. The highest BCUT2D eigenvalue weighted by Crippen LogP contribution is 2.68. The topological polar surface area (TPSA) is 26.3 Å². The zero-order valence-corrected chi connectivity index (χ0v) is 12.7. The lowest BCUT2D eigenvalue weighted by Gasteiger charge is -2.45. The zero-order valence-electron chi connectivity index (χ0n) is 12.7. The van der Waals surface area contributed by atoms with Crippen molar-refractivity contribution in [2.75, 3.05) is 6.61 Å². The first-order valence-electron chi connectivity index (χ1n) is 8.53. The normalized spacial score (nSPS) is 48.2. The Morgan fingerprint density at radius 2 is 1.95 bits per heavy atom. The van der Waals surface area contributed by atoms with Gasteiger partial charge >= 0.3 is 0 Å². The number of ketones is 1. The van der Waals surface area contributed by atoms with Gasteiger partial charge in [-0.15, -0.1) is 0 Å². The number of ether oxygens (including phenoxy) is 1. The average molecular weight is 274 g/mol. The zero-order chi connectivity index (χ0) is 14.0. The SMILES string of the molecule is CCC1(CC)[C@@H]2C=C[C@H]1[C@H]1C(=O)CC[C@]3(CCCO3)[C@H]12. The molecule has 0 unspecified atom stereocenters. The summed E-state index contributed by atoms with van der Waals surface area (Å²) in [5.41, 5.74) is 0.382. The fraction of sp³-hybridized carbons (Fsp3) is 0.833. The molecule has 3 aliphatic carbocycles. The number of allylic oxidation sites excluding steroid dienone is 2. The molecule has 0 aromatic rings. The van der Waals surface area contributed by atoms with Gasteiger partial charge in [0.2, 0.25) is 0 Å². The molecule has 2 heteroatoms. The highest BCUT2D eigenvalue weighted by atomic mass is 16.5. The fourth-order valence-corrected chi connectivity index (χ4v) is 6.34. The van der Waals surface area contributed by atoms with Crippen molar-refractivity contribution in [1.29, 1.82) is 0 Å². The van der Waals surface area contributed by atoms with Gasteiger partial charge in [-0.2, -0.15) is 0 Å². The van der Waals surface area contributed by atoms with Gasteiger partial charge in [-0.25, -0.2) is 0 Å². The van der Waals surface area contributed by atoms with E-state index in [2.05, 4.69) is 26.0 Å². The van der Waals surface area contributed by atoms with Crippen molar-refractivity contribution < 1.29 is 9.53 Å². The van der Waals surface area contributed by atoms with Crippen molar-refractivity contribution in [3.8, 4) is 0 Å². The van der Waals surface area contributed by atoms with E-state index in [0.29, 0.717) is 29.0 Å². The molecule has 20 heavy (non-hydrogen) atoms. The summed E-state index contributed by atoms with van der Waals surface area (Å²) in [6.45, 7) is 5.55. The number of hydrogen-bond acceptors (Lipinski definition) is 2. The number of hydrogen-bond donors (Lipinski definition) is 0. The van der Waals surface area contributed by atoms with Crippen LogP contribution in [0.1, 0.15) is 52.4 Å². The first-order valence-corrected chi connectivity index (χ1v) is 8.53. The maximum atomic E-state index is 12.6. The van der Waals surface area contributed by atoms with Crippen LogP contribution in [0.4, 0.5) is 0 Å². The Labute approximate surface area is 122 Å². The Bertz CT molecular complexity index is 454. The molecular formula is C18H26O2. The number of rotatable bonds is 2. The van der Waals surface area contributed by atoms with E-state index < -0.39 is 0 Å². The van der Waals surface area contributed by atoms with E-state index in [9.17, 15) is 4.79 Å². The van der Waals surface area contributed by atoms with Crippen molar-refractivity contribution in [2.24, 2.45) is 29.1 Å². The summed E-state index contributed by atoms with van der Waals surface area (Å²) >= 11 is 0. The van der Waals surface area contributed by atoms with E-state index >= 15 is 0 Å². The largest absolute Gasteiger partial charge is 0.375 e. The first-order chi connectivity index (χ1) is 9.68. The summed E-state index contributed by atoms with van der Waals surface area (Å²) in [7, 11) is 0. The lowest BCUT2D eigenvalue weighted by Crippen LogP contribution is -2.50. The Hall–Kier alpha value is -0.630. The third-order valence-electron chi connectivity index (χ3n) is 7.24. The summed E-state index contributed by atoms with van der Waals surface area (Å²) in [5, 5.41) is 0. The van der Waals surface area contributed by atoms with E-state index in [-0.39, 0.29) is 11.5 Å². The van der Waals surface area contributed by atoms with Gasteiger partial charge in [-0.1, -0.05) is 26.0 Å². The number of carbonyl (C=O) groups excluding carboxylic acids is 1. The molecule has 0 radical (unpaired) electrons. The lowest BCUT2D eigenvalue weighted by atomic mass is 9.63. The second kappa shape index (κ2) is 4.19. The molecule has 3 fully saturated rings. The third kappa shape index (κ3) is 1.32. The van der Waals surface area contributed by atoms with E-state index in [0.717, 1.165) is 19.4 Å². The Morgan fingerprint density at radius 3 is 2.60 bits per heavy atom. The standard InChI is InChI=1S/C18H26O2/c1-3-17(4-2)12-6-7-13(17)16-15(12)14(19)8-10-18(16)9-5-11-20-18/h6-7,12-13,15-16H,3-5,8-11H2,1-2H3/t12-,13+,15-,16-,18+/m0/s1. The molecule has 4 aliphatic rings. The summed E-state index contributed by atoms with van der Waals surface area (Å²) < 4.78 is 6.29. The van der Waals surface area contributed by atoms with Crippen LogP contribution in [-0.2, 0) is 9.53 Å². The molecule has 0 aromatic carbocycles. The molecule has 110 valence electrons. The van der Waals surface area contributed by atoms with Crippen molar-refractivity contribution >= 4 is 5.78 Å². The van der Waals surface area contributed by atoms with Gasteiger partial charge in [-0.05, 0) is 49.4 Å². The highest BCUT2D eigenvalue weighted by molar-refractivity contribution is 5.84. The van der Waals surface area contributed by atoms with Crippen LogP contribution in [0.15, 0.2) is 12.2 Å². The molecule has 2 saturated carbocycles. The van der Waals surface area contributed by atoms with Crippen LogP contribution in [-0.4, -0.2) is 18.0 Å². The van der Waals surface area contributed by atoms with E-state index in [1.165, 1.54) is 25.7 Å². The van der Waals surface area contributed by atoms with Crippen LogP contribution in [0.25, 0.3) is 0 Å². The van der Waals surface area contributed by atoms with Crippen molar-refractivity contribution in [3.05, 3.63) is 12.2 Å². The summed E-state index contributed by atoms with van der Waals surface area (Å²) in [6, 6.07) is 0. The number of Topliss-reactive ketones (excluding diaryl/α,β-unsaturated/α-hetero) is 1.